The Balaban J connectivity index is 2.09. The normalized spacial score (nSPS) is 20.1. The van der Waals surface area contributed by atoms with Gasteiger partial charge in [0, 0.05) is 30.3 Å². The third-order valence-corrected chi connectivity index (χ3v) is 4.40. The number of nitrogens with zero attached hydrogens (tertiary/aromatic N) is 1. The van der Waals surface area contributed by atoms with Crippen LogP contribution in [-0.4, -0.2) is 35.7 Å². The molecule has 21 heavy (non-hydrogen) atoms. The molecule has 2 N–H and O–H groups in total. The van der Waals surface area contributed by atoms with E-state index in [1.54, 1.807) is 12.1 Å². The van der Waals surface area contributed by atoms with Crippen molar-refractivity contribution < 1.29 is 9.50 Å². The molecule has 0 aromatic heterocycles. The van der Waals surface area contributed by atoms with E-state index in [-0.39, 0.29) is 17.6 Å². The number of hydrogen-bond acceptors (Lipinski definition) is 3. The zero-order valence-electron chi connectivity index (χ0n) is 13.1. The lowest BCUT2D eigenvalue weighted by molar-refractivity contribution is 0.186. The summed E-state index contributed by atoms with van der Waals surface area (Å²) in [6.07, 6.45) is 4.69. The van der Waals surface area contributed by atoms with Gasteiger partial charge in [-0.3, -0.25) is 4.90 Å². The number of rotatable bonds is 7. The lowest BCUT2D eigenvalue weighted by Gasteiger charge is -2.32. The molecule has 0 bridgehead atoms. The van der Waals surface area contributed by atoms with Gasteiger partial charge < -0.3 is 10.4 Å². The lowest BCUT2D eigenvalue weighted by atomic mass is 10.0. The molecule has 3 nitrogen and oxygen atoms in total. The fraction of sp³-hybridized carbons (Fsp3) is 0.647. The molecule has 2 rings (SSSR count). The van der Waals surface area contributed by atoms with Gasteiger partial charge in [0.2, 0.25) is 0 Å². The second-order valence-electron chi connectivity index (χ2n) is 6.02. The van der Waals surface area contributed by atoms with Crippen molar-refractivity contribution in [1.29, 1.82) is 0 Å². The summed E-state index contributed by atoms with van der Waals surface area (Å²) in [5, 5.41) is 12.9. The van der Waals surface area contributed by atoms with Crippen molar-refractivity contribution >= 4 is 0 Å². The highest BCUT2D eigenvalue weighted by atomic mass is 19.1. The standard InChI is InChI=1S/C17H27FN2O/c1-3-4-10-20(12-14-6-5-9-19-14)13(2)16-8-7-15(21)11-17(16)18/h7-8,11,13-14,19,21H,3-6,9-10,12H2,1-2H3. The van der Waals surface area contributed by atoms with Gasteiger partial charge >= 0.3 is 0 Å². The number of halogens is 1. The predicted octanol–water partition coefficient (Wildman–Crippen LogP) is 3.45. The van der Waals surface area contributed by atoms with Crippen molar-refractivity contribution in [3.05, 3.63) is 29.6 Å². The minimum Gasteiger partial charge on any atom is -0.508 e. The summed E-state index contributed by atoms with van der Waals surface area (Å²) < 4.78 is 14.1. The highest BCUT2D eigenvalue weighted by Gasteiger charge is 2.23. The molecule has 0 aliphatic carbocycles. The van der Waals surface area contributed by atoms with E-state index in [0.717, 1.165) is 32.5 Å². The number of aromatic hydroxyl groups is 1. The Bertz CT molecular complexity index is 446. The second kappa shape index (κ2) is 7.76. The first-order valence-electron chi connectivity index (χ1n) is 8.07. The summed E-state index contributed by atoms with van der Waals surface area (Å²) >= 11 is 0. The van der Waals surface area contributed by atoms with Crippen LogP contribution < -0.4 is 5.32 Å². The number of unbranched alkanes of at least 4 members (excludes halogenated alkanes) is 1. The fourth-order valence-electron chi connectivity index (χ4n) is 3.05. The third kappa shape index (κ3) is 4.42. The Morgan fingerprint density at radius 3 is 2.90 bits per heavy atom. The molecular weight excluding hydrogens is 267 g/mol. The number of benzene rings is 1. The fourth-order valence-corrected chi connectivity index (χ4v) is 3.05. The van der Waals surface area contributed by atoms with Crippen LogP contribution in [0.4, 0.5) is 4.39 Å². The summed E-state index contributed by atoms with van der Waals surface area (Å²) in [6, 6.07) is 5.03. The molecule has 1 saturated heterocycles. The molecule has 118 valence electrons. The lowest BCUT2D eigenvalue weighted by Crippen LogP contribution is -2.39. The van der Waals surface area contributed by atoms with Crippen molar-refractivity contribution in [2.45, 2.75) is 51.6 Å². The van der Waals surface area contributed by atoms with Gasteiger partial charge in [-0.15, -0.1) is 0 Å². The molecule has 1 aliphatic heterocycles. The molecular formula is C17H27FN2O. The van der Waals surface area contributed by atoms with E-state index in [4.69, 9.17) is 0 Å². The Hall–Kier alpha value is -1.13. The van der Waals surface area contributed by atoms with Crippen LogP contribution in [0, 0.1) is 5.82 Å². The van der Waals surface area contributed by atoms with Gasteiger partial charge in [-0.2, -0.15) is 0 Å². The van der Waals surface area contributed by atoms with Crippen LogP contribution in [0.25, 0.3) is 0 Å². The molecule has 0 radical (unpaired) electrons. The zero-order chi connectivity index (χ0) is 15.2. The number of nitrogens with one attached hydrogen (secondary N) is 1. The van der Waals surface area contributed by atoms with Crippen LogP contribution in [-0.2, 0) is 0 Å². The molecule has 0 saturated carbocycles. The molecule has 1 aliphatic rings. The van der Waals surface area contributed by atoms with E-state index in [1.807, 2.05) is 0 Å². The van der Waals surface area contributed by atoms with Crippen LogP contribution in [0.5, 0.6) is 5.75 Å². The molecule has 2 unspecified atom stereocenters. The van der Waals surface area contributed by atoms with Crippen molar-refractivity contribution in [1.82, 2.24) is 10.2 Å². The first-order valence-corrected chi connectivity index (χ1v) is 8.07. The van der Waals surface area contributed by atoms with Gasteiger partial charge in [-0.25, -0.2) is 4.39 Å². The summed E-state index contributed by atoms with van der Waals surface area (Å²) in [5.74, 6) is -0.329. The quantitative estimate of drug-likeness (QED) is 0.808. The first-order chi connectivity index (χ1) is 10.1. The summed E-state index contributed by atoms with van der Waals surface area (Å²) in [6.45, 7) is 7.27. The van der Waals surface area contributed by atoms with E-state index < -0.39 is 0 Å². The summed E-state index contributed by atoms with van der Waals surface area (Å²) in [4.78, 5) is 2.36. The summed E-state index contributed by atoms with van der Waals surface area (Å²) in [7, 11) is 0. The zero-order valence-corrected chi connectivity index (χ0v) is 13.1. The maximum atomic E-state index is 14.1. The Morgan fingerprint density at radius 2 is 2.29 bits per heavy atom. The maximum absolute atomic E-state index is 14.1. The molecule has 1 aromatic rings. The van der Waals surface area contributed by atoms with E-state index in [0.29, 0.717) is 11.6 Å². The number of hydrogen-bond donors (Lipinski definition) is 2. The van der Waals surface area contributed by atoms with E-state index in [1.165, 1.54) is 18.9 Å². The Kier molecular flexibility index (Phi) is 6.00. The highest BCUT2D eigenvalue weighted by molar-refractivity contribution is 5.29. The molecule has 1 aromatic carbocycles. The van der Waals surface area contributed by atoms with Gasteiger partial charge in [0.15, 0.2) is 0 Å². The Labute approximate surface area is 127 Å². The monoisotopic (exact) mass is 294 g/mol. The number of phenols is 1. The van der Waals surface area contributed by atoms with E-state index >= 15 is 0 Å². The smallest absolute Gasteiger partial charge is 0.131 e. The average molecular weight is 294 g/mol. The molecule has 1 fully saturated rings. The Morgan fingerprint density at radius 1 is 1.48 bits per heavy atom. The van der Waals surface area contributed by atoms with Gasteiger partial charge in [0.1, 0.15) is 11.6 Å². The van der Waals surface area contributed by atoms with Crippen molar-refractivity contribution in [2.24, 2.45) is 0 Å². The van der Waals surface area contributed by atoms with Crippen LogP contribution >= 0.6 is 0 Å². The minimum absolute atomic E-state index is 0.0129. The molecule has 1 heterocycles. The second-order valence-corrected chi connectivity index (χ2v) is 6.02. The minimum atomic E-state index is -0.316. The first kappa shape index (κ1) is 16.2. The van der Waals surface area contributed by atoms with Crippen LogP contribution in [0.2, 0.25) is 0 Å². The van der Waals surface area contributed by atoms with Crippen molar-refractivity contribution in [3.63, 3.8) is 0 Å². The average Bonchev–Trinajstić information content (AvgIpc) is 2.95. The number of phenolic OH excluding ortho intramolecular Hbond substituents is 1. The molecule has 0 amide bonds. The van der Waals surface area contributed by atoms with Crippen LogP contribution in [0.3, 0.4) is 0 Å². The third-order valence-electron chi connectivity index (χ3n) is 4.40. The van der Waals surface area contributed by atoms with Crippen LogP contribution in [0.1, 0.15) is 51.1 Å². The van der Waals surface area contributed by atoms with E-state index in [9.17, 15) is 9.50 Å². The van der Waals surface area contributed by atoms with Gasteiger partial charge in [-0.1, -0.05) is 19.4 Å². The maximum Gasteiger partial charge on any atom is 0.131 e. The van der Waals surface area contributed by atoms with Crippen molar-refractivity contribution in [3.8, 4) is 5.75 Å². The molecule has 0 spiro atoms. The molecule has 4 heteroatoms. The van der Waals surface area contributed by atoms with Gasteiger partial charge in [-0.05, 0) is 45.3 Å². The van der Waals surface area contributed by atoms with Gasteiger partial charge in [0.25, 0.3) is 0 Å². The summed E-state index contributed by atoms with van der Waals surface area (Å²) in [5.41, 5.74) is 0.668. The SMILES string of the molecule is CCCCN(CC1CCCN1)C(C)c1ccc(O)cc1F. The van der Waals surface area contributed by atoms with E-state index in [2.05, 4.69) is 24.1 Å². The topological polar surface area (TPSA) is 35.5 Å². The van der Waals surface area contributed by atoms with Crippen LogP contribution in [0.15, 0.2) is 18.2 Å². The largest absolute Gasteiger partial charge is 0.508 e. The highest BCUT2D eigenvalue weighted by Crippen LogP contribution is 2.26. The van der Waals surface area contributed by atoms with Crippen molar-refractivity contribution in [2.75, 3.05) is 19.6 Å². The molecule has 2 atom stereocenters. The van der Waals surface area contributed by atoms with Gasteiger partial charge in [0.05, 0.1) is 0 Å². The predicted molar refractivity (Wildman–Crippen MR) is 84.0 cm³/mol.